The molecule has 0 aromatic heterocycles. The number of nitrogens with one attached hydrogen (secondary N) is 1. The summed E-state index contributed by atoms with van der Waals surface area (Å²) in [6.45, 7) is 0. The molecular weight excluding hydrogens is 439 g/mol. The predicted octanol–water partition coefficient (Wildman–Crippen LogP) is 4.84. The SMILES string of the molecule is CNC(Cc1ccc(F)c(F)c1)c1cc(I)ccc1Br. The van der Waals surface area contributed by atoms with Crippen molar-refractivity contribution >= 4 is 38.5 Å². The third-order valence-electron chi connectivity index (χ3n) is 3.11. The van der Waals surface area contributed by atoms with E-state index < -0.39 is 11.6 Å². The van der Waals surface area contributed by atoms with Crippen molar-refractivity contribution in [2.24, 2.45) is 0 Å². The Kier molecular flexibility index (Phi) is 5.51. The Morgan fingerprint density at radius 2 is 1.90 bits per heavy atom. The minimum absolute atomic E-state index is 0.0314. The summed E-state index contributed by atoms with van der Waals surface area (Å²) in [6.07, 6.45) is 0.590. The molecule has 0 aliphatic heterocycles. The molecular formula is C15H13BrF2IN. The molecule has 2 aromatic rings. The quantitative estimate of drug-likeness (QED) is 0.656. The fourth-order valence-corrected chi connectivity index (χ4v) is 3.09. The van der Waals surface area contributed by atoms with E-state index in [-0.39, 0.29) is 6.04 Å². The van der Waals surface area contributed by atoms with Crippen molar-refractivity contribution in [3.8, 4) is 0 Å². The second kappa shape index (κ2) is 6.95. The number of likely N-dealkylation sites (N-methyl/N-ethyl adjacent to an activating group) is 1. The Morgan fingerprint density at radius 1 is 1.15 bits per heavy atom. The van der Waals surface area contributed by atoms with Gasteiger partial charge in [-0.15, -0.1) is 0 Å². The maximum Gasteiger partial charge on any atom is 0.159 e. The van der Waals surface area contributed by atoms with Crippen LogP contribution in [0.1, 0.15) is 17.2 Å². The highest BCUT2D eigenvalue weighted by atomic mass is 127. The van der Waals surface area contributed by atoms with Crippen LogP contribution in [0.25, 0.3) is 0 Å². The van der Waals surface area contributed by atoms with E-state index in [9.17, 15) is 8.78 Å². The summed E-state index contributed by atoms with van der Waals surface area (Å²) in [6, 6.07) is 10.1. The van der Waals surface area contributed by atoms with Gasteiger partial charge in [0.2, 0.25) is 0 Å². The zero-order chi connectivity index (χ0) is 14.7. The van der Waals surface area contributed by atoms with Crippen LogP contribution in [-0.4, -0.2) is 7.05 Å². The van der Waals surface area contributed by atoms with Crippen molar-refractivity contribution < 1.29 is 8.78 Å². The van der Waals surface area contributed by atoms with Crippen LogP contribution in [0.15, 0.2) is 40.9 Å². The first kappa shape index (κ1) is 15.9. The highest BCUT2D eigenvalue weighted by Gasteiger charge is 2.15. The molecule has 0 saturated carbocycles. The van der Waals surface area contributed by atoms with Crippen molar-refractivity contribution in [1.29, 1.82) is 0 Å². The van der Waals surface area contributed by atoms with Crippen LogP contribution in [0.4, 0.5) is 8.78 Å². The second-order valence-electron chi connectivity index (χ2n) is 4.46. The third kappa shape index (κ3) is 3.77. The van der Waals surface area contributed by atoms with Crippen LogP contribution in [0.5, 0.6) is 0 Å². The average Bonchev–Trinajstić information content (AvgIpc) is 2.43. The lowest BCUT2D eigenvalue weighted by Gasteiger charge is -2.19. The van der Waals surface area contributed by atoms with Gasteiger partial charge in [0.1, 0.15) is 0 Å². The predicted molar refractivity (Wildman–Crippen MR) is 88.7 cm³/mol. The molecule has 0 aliphatic carbocycles. The van der Waals surface area contributed by atoms with Crippen LogP contribution < -0.4 is 5.32 Å². The summed E-state index contributed by atoms with van der Waals surface area (Å²) >= 11 is 5.79. The molecule has 2 aromatic carbocycles. The van der Waals surface area contributed by atoms with Crippen molar-refractivity contribution in [3.05, 3.63) is 67.2 Å². The smallest absolute Gasteiger partial charge is 0.159 e. The third-order valence-corrected chi connectivity index (χ3v) is 4.50. The number of rotatable bonds is 4. The summed E-state index contributed by atoms with van der Waals surface area (Å²) in [4.78, 5) is 0. The van der Waals surface area contributed by atoms with Gasteiger partial charge in [0, 0.05) is 14.1 Å². The molecule has 1 atom stereocenters. The van der Waals surface area contributed by atoms with Gasteiger partial charge in [-0.2, -0.15) is 0 Å². The number of hydrogen-bond acceptors (Lipinski definition) is 1. The molecule has 0 spiro atoms. The lowest BCUT2D eigenvalue weighted by molar-refractivity contribution is 0.504. The minimum atomic E-state index is -0.815. The van der Waals surface area contributed by atoms with Gasteiger partial charge in [0.25, 0.3) is 0 Å². The molecule has 2 rings (SSSR count). The summed E-state index contributed by atoms with van der Waals surface area (Å²) in [7, 11) is 1.86. The molecule has 0 amide bonds. The first-order valence-electron chi connectivity index (χ1n) is 6.07. The lowest BCUT2D eigenvalue weighted by Crippen LogP contribution is -2.19. The summed E-state index contributed by atoms with van der Waals surface area (Å²) in [5, 5.41) is 3.22. The van der Waals surface area contributed by atoms with E-state index in [4.69, 9.17) is 0 Å². The van der Waals surface area contributed by atoms with Crippen LogP contribution in [0, 0.1) is 15.2 Å². The highest BCUT2D eigenvalue weighted by Crippen LogP contribution is 2.28. The van der Waals surface area contributed by atoms with E-state index in [2.05, 4.69) is 49.9 Å². The maximum absolute atomic E-state index is 13.3. The number of benzene rings is 2. The van der Waals surface area contributed by atoms with Gasteiger partial charge in [-0.1, -0.05) is 22.0 Å². The molecule has 0 radical (unpaired) electrons. The zero-order valence-electron chi connectivity index (χ0n) is 10.8. The van der Waals surface area contributed by atoms with E-state index in [1.54, 1.807) is 6.07 Å². The van der Waals surface area contributed by atoms with Gasteiger partial charge < -0.3 is 5.32 Å². The van der Waals surface area contributed by atoms with Crippen LogP contribution >= 0.6 is 38.5 Å². The molecule has 1 N–H and O–H groups in total. The van der Waals surface area contributed by atoms with Gasteiger partial charge in [-0.25, -0.2) is 8.78 Å². The van der Waals surface area contributed by atoms with Crippen molar-refractivity contribution in [2.75, 3.05) is 7.05 Å². The number of hydrogen-bond donors (Lipinski definition) is 1. The lowest BCUT2D eigenvalue weighted by atomic mass is 9.99. The van der Waals surface area contributed by atoms with E-state index in [0.29, 0.717) is 6.42 Å². The zero-order valence-corrected chi connectivity index (χ0v) is 14.5. The fraction of sp³-hybridized carbons (Fsp3) is 0.200. The second-order valence-corrected chi connectivity index (χ2v) is 6.56. The Bertz CT molecular complexity index is 619. The maximum atomic E-state index is 13.3. The number of halogens is 4. The van der Waals surface area contributed by atoms with E-state index in [0.717, 1.165) is 19.2 Å². The Hall–Kier alpha value is -0.530. The molecule has 1 unspecified atom stereocenters. The molecule has 5 heteroatoms. The normalized spacial score (nSPS) is 12.4. The van der Waals surface area contributed by atoms with Crippen molar-refractivity contribution in [3.63, 3.8) is 0 Å². The van der Waals surface area contributed by atoms with Gasteiger partial charge in [0.05, 0.1) is 0 Å². The van der Waals surface area contributed by atoms with E-state index in [1.807, 2.05) is 19.2 Å². The molecule has 0 fully saturated rings. The molecule has 0 bridgehead atoms. The minimum Gasteiger partial charge on any atom is -0.313 e. The standard InChI is InChI=1S/C15H13BrF2IN/c1-20-15(11-8-10(19)3-4-12(11)16)7-9-2-5-13(17)14(18)6-9/h2-6,8,15,20H,7H2,1H3. The summed E-state index contributed by atoms with van der Waals surface area (Å²) in [5.74, 6) is -1.62. The highest BCUT2D eigenvalue weighted by molar-refractivity contribution is 14.1. The molecule has 106 valence electrons. The molecule has 0 aliphatic rings. The monoisotopic (exact) mass is 451 g/mol. The Labute approximate surface area is 139 Å². The van der Waals surface area contributed by atoms with Crippen molar-refractivity contribution in [2.45, 2.75) is 12.5 Å². The van der Waals surface area contributed by atoms with Crippen LogP contribution in [0.2, 0.25) is 0 Å². The fourth-order valence-electron chi connectivity index (χ4n) is 2.05. The van der Waals surface area contributed by atoms with Gasteiger partial charge in [0.15, 0.2) is 11.6 Å². The Balaban J connectivity index is 2.28. The van der Waals surface area contributed by atoms with E-state index in [1.165, 1.54) is 12.1 Å². The van der Waals surface area contributed by atoms with Gasteiger partial charge in [-0.3, -0.25) is 0 Å². The molecule has 1 nitrogen and oxygen atoms in total. The van der Waals surface area contributed by atoms with Crippen molar-refractivity contribution in [1.82, 2.24) is 5.32 Å². The Morgan fingerprint density at radius 3 is 2.55 bits per heavy atom. The first-order valence-corrected chi connectivity index (χ1v) is 7.94. The molecule has 0 heterocycles. The van der Waals surface area contributed by atoms with Crippen LogP contribution in [0.3, 0.4) is 0 Å². The van der Waals surface area contributed by atoms with E-state index >= 15 is 0 Å². The van der Waals surface area contributed by atoms with Crippen LogP contribution in [-0.2, 0) is 6.42 Å². The summed E-state index contributed by atoms with van der Waals surface area (Å²) < 4.78 is 28.4. The first-order chi connectivity index (χ1) is 9.51. The van der Waals surface area contributed by atoms with Gasteiger partial charge in [-0.05, 0) is 77.5 Å². The van der Waals surface area contributed by atoms with Gasteiger partial charge >= 0.3 is 0 Å². The summed E-state index contributed by atoms with van der Waals surface area (Å²) in [5.41, 5.74) is 1.86. The average molecular weight is 452 g/mol. The molecule has 20 heavy (non-hydrogen) atoms. The largest absolute Gasteiger partial charge is 0.313 e. The topological polar surface area (TPSA) is 12.0 Å². The molecule has 0 saturated heterocycles.